The predicted octanol–water partition coefficient (Wildman–Crippen LogP) is 3.63. The number of aryl methyl sites for hydroxylation is 1. The average Bonchev–Trinajstić information content (AvgIpc) is 3.26. The van der Waals surface area contributed by atoms with Crippen LogP contribution >= 0.6 is 0 Å². The van der Waals surface area contributed by atoms with Crippen LogP contribution in [0.1, 0.15) is 35.8 Å². The Morgan fingerprint density at radius 1 is 1.28 bits per heavy atom. The quantitative estimate of drug-likeness (QED) is 0.763. The molecule has 1 atom stereocenters. The number of nitrogens with one attached hydrogen (secondary N) is 2. The zero-order valence-corrected chi connectivity index (χ0v) is 14.3. The fourth-order valence-corrected chi connectivity index (χ4v) is 3.66. The molecule has 6 heteroatoms. The van der Waals surface area contributed by atoms with E-state index >= 15 is 0 Å². The fraction of sp³-hybridized carbons (Fsp3) is 0.368. The summed E-state index contributed by atoms with van der Waals surface area (Å²) in [5.74, 6) is 0.183. The third-order valence-corrected chi connectivity index (χ3v) is 5.05. The molecule has 0 aliphatic carbocycles. The first kappa shape index (κ1) is 16.0. The Kier molecular flexibility index (Phi) is 4.36. The van der Waals surface area contributed by atoms with E-state index in [4.69, 9.17) is 0 Å². The van der Waals surface area contributed by atoms with Gasteiger partial charge in [-0.2, -0.15) is 5.10 Å². The van der Waals surface area contributed by atoms with Crippen molar-refractivity contribution in [1.82, 2.24) is 25.1 Å². The van der Waals surface area contributed by atoms with Crippen molar-refractivity contribution >= 4 is 0 Å². The largest absolute Gasteiger partial charge is 0.348 e. The number of hydrogen-bond donors (Lipinski definition) is 2. The maximum absolute atomic E-state index is 13.2. The standard InChI is InChI=1S/C19H22FN5/c1-13-18(22-12-21-13)11-25-8-2-3-15(10-25)19-17(9-23-24-19)14-4-6-16(20)7-5-14/h4-7,9,12,15H,2-3,8,10-11H2,1H3,(H,21,22)(H,23,24). The van der Waals surface area contributed by atoms with Gasteiger partial charge < -0.3 is 4.98 Å². The molecule has 25 heavy (non-hydrogen) atoms. The van der Waals surface area contributed by atoms with Crippen LogP contribution in [0.25, 0.3) is 11.1 Å². The van der Waals surface area contributed by atoms with Crippen molar-refractivity contribution in [1.29, 1.82) is 0 Å². The van der Waals surface area contributed by atoms with Gasteiger partial charge in [0.05, 0.1) is 18.2 Å². The second kappa shape index (κ2) is 6.80. The van der Waals surface area contributed by atoms with E-state index in [1.165, 1.54) is 12.1 Å². The normalized spacial score (nSPS) is 18.6. The van der Waals surface area contributed by atoms with Gasteiger partial charge in [-0.1, -0.05) is 12.1 Å². The van der Waals surface area contributed by atoms with Crippen LogP contribution in [0.15, 0.2) is 36.8 Å². The molecule has 0 bridgehead atoms. The van der Waals surface area contributed by atoms with Crippen molar-refractivity contribution in [3.8, 4) is 11.1 Å². The van der Waals surface area contributed by atoms with Gasteiger partial charge in [0.25, 0.3) is 0 Å². The highest BCUT2D eigenvalue weighted by Gasteiger charge is 2.25. The molecule has 4 rings (SSSR count). The predicted molar refractivity (Wildman–Crippen MR) is 94.6 cm³/mol. The summed E-state index contributed by atoms with van der Waals surface area (Å²) in [7, 11) is 0. The number of rotatable bonds is 4. The minimum absolute atomic E-state index is 0.216. The Morgan fingerprint density at radius 2 is 2.12 bits per heavy atom. The Morgan fingerprint density at radius 3 is 2.88 bits per heavy atom. The molecule has 1 aliphatic heterocycles. The molecule has 0 radical (unpaired) electrons. The van der Waals surface area contributed by atoms with E-state index in [1.807, 2.05) is 18.3 Å². The van der Waals surface area contributed by atoms with Gasteiger partial charge in [0.2, 0.25) is 0 Å². The van der Waals surface area contributed by atoms with Crippen molar-refractivity contribution in [2.24, 2.45) is 0 Å². The second-order valence-corrected chi connectivity index (χ2v) is 6.75. The Hall–Kier alpha value is -2.47. The van der Waals surface area contributed by atoms with Gasteiger partial charge in [0.15, 0.2) is 0 Å². The summed E-state index contributed by atoms with van der Waals surface area (Å²) in [6.45, 7) is 4.99. The number of H-pyrrole nitrogens is 2. The van der Waals surface area contributed by atoms with Crippen molar-refractivity contribution < 1.29 is 4.39 Å². The van der Waals surface area contributed by atoms with E-state index in [1.54, 1.807) is 6.33 Å². The first-order chi connectivity index (χ1) is 12.2. The minimum Gasteiger partial charge on any atom is -0.348 e. The van der Waals surface area contributed by atoms with Crippen LogP contribution in [0.4, 0.5) is 4.39 Å². The lowest BCUT2D eigenvalue weighted by Crippen LogP contribution is -2.34. The number of piperidine rings is 1. The van der Waals surface area contributed by atoms with E-state index in [0.29, 0.717) is 5.92 Å². The monoisotopic (exact) mass is 339 g/mol. The summed E-state index contributed by atoms with van der Waals surface area (Å²) in [6, 6.07) is 6.63. The van der Waals surface area contributed by atoms with Crippen LogP contribution in [0.5, 0.6) is 0 Å². The van der Waals surface area contributed by atoms with Gasteiger partial charge in [-0.15, -0.1) is 0 Å². The minimum atomic E-state index is -0.216. The Labute approximate surface area is 146 Å². The molecule has 2 aromatic heterocycles. The number of likely N-dealkylation sites (tertiary alicyclic amines) is 1. The molecule has 1 saturated heterocycles. The zero-order valence-electron chi connectivity index (χ0n) is 14.3. The first-order valence-electron chi connectivity index (χ1n) is 8.71. The fourth-order valence-electron chi connectivity index (χ4n) is 3.66. The summed E-state index contributed by atoms with van der Waals surface area (Å²) in [5.41, 5.74) is 5.47. The maximum atomic E-state index is 13.2. The van der Waals surface area contributed by atoms with Gasteiger partial charge in [-0.05, 0) is 44.0 Å². The molecule has 1 aromatic carbocycles. The number of hydrogen-bond acceptors (Lipinski definition) is 3. The van der Waals surface area contributed by atoms with Crippen LogP contribution in [-0.4, -0.2) is 38.2 Å². The molecule has 0 amide bonds. The van der Waals surface area contributed by atoms with Crippen molar-refractivity contribution in [3.05, 3.63) is 59.7 Å². The number of nitrogens with zero attached hydrogens (tertiary/aromatic N) is 3. The van der Waals surface area contributed by atoms with Gasteiger partial charge in [-0.25, -0.2) is 9.37 Å². The number of aromatic amines is 2. The molecule has 0 saturated carbocycles. The smallest absolute Gasteiger partial charge is 0.123 e. The number of halogens is 1. The summed E-state index contributed by atoms with van der Waals surface area (Å²) >= 11 is 0. The van der Waals surface area contributed by atoms with Gasteiger partial charge in [0.1, 0.15) is 5.82 Å². The second-order valence-electron chi connectivity index (χ2n) is 6.75. The summed E-state index contributed by atoms with van der Waals surface area (Å²) in [5, 5.41) is 7.44. The summed E-state index contributed by atoms with van der Waals surface area (Å²) in [6.07, 6.45) is 5.88. The number of imidazole rings is 1. The van der Waals surface area contributed by atoms with E-state index in [0.717, 1.165) is 60.7 Å². The van der Waals surface area contributed by atoms with E-state index < -0.39 is 0 Å². The molecular weight excluding hydrogens is 317 g/mol. The SMILES string of the molecule is Cc1[nH]cnc1CN1CCCC(c2[nH]ncc2-c2ccc(F)cc2)C1. The molecule has 1 aliphatic rings. The zero-order chi connectivity index (χ0) is 17.2. The van der Waals surface area contributed by atoms with Crippen molar-refractivity contribution in [2.45, 2.75) is 32.2 Å². The molecule has 0 spiro atoms. The number of benzene rings is 1. The molecule has 1 unspecified atom stereocenters. The molecular formula is C19H22FN5. The highest BCUT2D eigenvalue weighted by Crippen LogP contribution is 2.33. The third-order valence-electron chi connectivity index (χ3n) is 5.05. The number of aromatic nitrogens is 4. The van der Waals surface area contributed by atoms with Crippen molar-refractivity contribution in [3.63, 3.8) is 0 Å². The Bertz CT molecular complexity index is 836. The lowest BCUT2D eigenvalue weighted by molar-refractivity contribution is 0.196. The first-order valence-corrected chi connectivity index (χ1v) is 8.71. The average molecular weight is 339 g/mol. The molecule has 130 valence electrons. The molecule has 2 N–H and O–H groups in total. The van der Waals surface area contributed by atoms with Crippen LogP contribution < -0.4 is 0 Å². The third kappa shape index (κ3) is 3.35. The van der Waals surface area contributed by atoms with Crippen LogP contribution in [0.3, 0.4) is 0 Å². The highest BCUT2D eigenvalue weighted by molar-refractivity contribution is 5.65. The molecule has 1 fully saturated rings. The maximum Gasteiger partial charge on any atom is 0.123 e. The van der Waals surface area contributed by atoms with E-state index in [2.05, 4.69) is 32.0 Å². The van der Waals surface area contributed by atoms with E-state index in [9.17, 15) is 4.39 Å². The van der Waals surface area contributed by atoms with Gasteiger partial charge in [-0.3, -0.25) is 10.00 Å². The Balaban J connectivity index is 1.53. The highest BCUT2D eigenvalue weighted by atomic mass is 19.1. The molecule has 5 nitrogen and oxygen atoms in total. The van der Waals surface area contributed by atoms with E-state index in [-0.39, 0.29) is 5.82 Å². The van der Waals surface area contributed by atoms with Crippen LogP contribution in [0.2, 0.25) is 0 Å². The lowest BCUT2D eigenvalue weighted by atomic mass is 9.90. The van der Waals surface area contributed by atoms with Crippen LogP contribution in [0, 0.1) is 12.7 Å². The van der Waals surface area contributed by atoms with Crippen molar-refractivity contribution in [2.75, 3.05) is 13.1 Å². The van der Waals surface area contributed by atoms with Gasteiger partial charge in [0, 0.05) is 36.0 Å². The molecule has 3 aromatic rings. The topological polar surface area (TPSA) is 60.6 Å². The van der Waals surface area contributed by atoms with Gasteiger partial charge >= 0.3 is 0 Å². The summed E-state index contributed by atoms with van der Waals surface area (Å²) < 4.78 is 13.2. The molecule has 3 heterocycles. The summed E-state index contributed by atoms with van der Waals surface area (Å²) in [4.78, 5) is 10.0. The van der Waals surface area contributed by atoms with Crippen LogP contribution in [-0.2, 0) is 6.54 Å². The lowest BCUT2D eigenvalue weighted by Gasteiger charge is -2.32.